The summed E-state index contributed by atoms with van der Waals surface area (Å²) in [5.74, 6) is 0.160. The molecule has 4 heterocycles. The summed E-state index contributed by atoms with van der Waals surface area (Å²) in [7, 11) is 0. The molecule has 1 aromatic carbocycles. The Hall–Kier alpha value is -4.05. The van der Waals surface area contributed by atoms with Crippen molar-refractivity contribution in [3.05, 3.63) is 54.6 Å². The maximum atomic E-state index is 11.1. The minimum atomic E-state index is -1.06. The number of pyridine rings is 1. The van der Waals surface area contributed by atoms with Gasteiger partial charge in [0.1, 0.15) is 11.5 Å². The number of hydrogen-bond acceptors (Lipinski definition) is 8. The highest BCUT2D eigenvalue weighted by Gasteiger charge is 2.25. The number of carboxylic acids is 1. The van der Waals surface area contributed by atoms with E-state index < -0.39 is 5.97 Å². The van der Waals surface area contributed by atoms with E-state index >= 15 is 0 Å². The van der Waals surface area contributed by atoms with Crippen LogP contribution in [0.5, 0.6) is 0 Å². The molecule has 2 fully saturated rings. The van der Waals surface area contributed by atoms with Crippen LogP contribution in [0.1, 0.15) is 29.4 Å². The molecular formula is C24H23N7O3. The normalized spacial score (nSPS) is 16.1. The number of ether oxygens (including phenoxy) is 1. The highest BCUT2D eigenvalue weighted by atomic mass is 16.5. The summed E-state index contributed by atoms with van der Waals surface area (Å²) in [6, 6.07) is 11.8. The van der Waals surface area contributed by atoms with Crippen molar-refractivity contribution in [3.63, 3.8) is 0 Å². The van der Waals surface area contributed by atoms with Gasteiger partial charge in [-0.05, 0) is 37.1 Å². The Labute approximate surface area is 195 Å². The zero-order valence-corrected chi connectivity index (χ0v) is 18.4. The fourth-order valence-electron chi connectivity index (χ4n) is 4.12. The molecule has 172 valence electrons. The molecule has 10 heteroatoms. The highest BCUT2D eigenvalue weighted by Crippen LogP contribution is 2.38. The predicted octanol–water partition coefficient (Wildman–Crippen LogP) is 3.50. The Morgan fingerprint density at radius 2 is 1.91 bits per heavy atom. The molecule has 1 saturated carbocycles. The van der Waals surface area contributed by atoms with Gasteiger partial charge in [-0.25, -0.2) is 19.7 Å². The van der Waals surface area contributed by atoms with Crippen LogP contribution in [0, 0.1) is 0 Å². The lowest BCUT2D eigenvalue weighted by Gasteiger charge is -2.27. The summed E-state index contributed by atoms with van der Waals surface area (Å²) in [4.78, 5) is 31.4. The van der Waals surface area contributed by atoms with Gasteiger partial charge < -0.3 is 24.6 Å². The van der Waals surface area contributed by atoms with Gasteiger partial charge in [0, 0.05) is 30.8 Å². The van der Waals surface area contributed by atoms with Crippen LogP contribution in [0.2, 0.25) is 0 Å². The average Bonchev–Trinajstić information content (AvgIpc) is 3.63. The minimum absolute atomic E-state index is 0.0106. The van der Waals surface area contributed by atoms with E-state index in [1.54, 1.807) is 6.07 Å². The molecule has 0 atom stereocenters. The van der Waals surface area contributed by atoms with Crippen LogP contribution in [-0.4, -0.2) is 61.9 Å². The van der Waals surface area contributed by atoms with Crippen LogP contribution in [0.3, 0.4) is 0 Å². The molecule has 0 spiro atoms. The maximum absolute atomic E-state index is 11.1. The van der Waals surface area contributed by atoms with Crippen LogP contribution in [0.25, 0.3) is 22.3 Å². The summed E-state index contributed by atoms with van der Waals surface area (Å²) >= 11 is 0. The molecule has 1 aliphatic carbocycles. The van der Waals surface area contributed by atoms with E-state index in [9.17, 15) is 4.79 Å². The maximum Gasteiger partial charge on any atom is 0.354 e. The topological polar surface area (TPSA) is 118 Å². The second-order valence-corrected chi connectivity index (χ2v) is 8.49. The van der Waals surface area contributed by atoms with Crippen molar-refractivity contribution in [3.8, 4) is 11.3 Å². The Balaban J connectivity index is 1.39. The fourth-order valence-corrected chi connectivity index (χ4v) is 4.12. The van der Waals surface area contributed by atoms with Crippen LogP contribution in [0.4, 0.5) is 17.5 Å². The number of anilines is 3. The van der Waals surface area contributed by atoms with Crippen LogP contribution in [-0.2, 0) is 4.74 Å². The van der Waals surface area contributed by atoms with E-state index in [1.807, 2.05) is 24.5 Å². The first-order chi connectivity index (χ1) is 16.6. The fraction of sp³-hybridized carbons (Fsp3) is 0.292. The van der Waals surface area contributed by atoms with E-state index in [0.717, 1.165) is 22.3 Å². The number of hydrogen-bond donors (Lipinski definition) is 2. The minimum Gasteiger partial charge on any atom is -0.477 e. The molecule has 0 amide bonds. The van der Waals surface area contributed by atoms with Gasteiger partial charge >= 0.3 is 5.97 Å². The van der Waals surface area contributed by atoms with Gasteiger partial charge in [-0.1, -0.05) is 6.07 Å². The largest absolute Gasteiger partial charge is 0.477 e. The molecule has 4 aromatic rings. The second-order valence-electron chi connectivity index (χ2n) is 8.49. The van der Waals surface area contributed by atoms with Crippen LogP contribution in [0.15, 0.2) is 48.9 Å². The molecule has 2 aliphatic rings. The lowest BCUT2D eigenvalue weighted by molar-refractivity contribution is 0.0690. The van der Waals surface area contributed by atoms with E-state index in [2.05, 4.69) is 30.8 Å². The Bertz CT molecular complexity index is 1360. The summed E-state index contributed by atoms with van der Waals surface area (Å²) < 4.78 is 7.74. The first-order valence-corrected chi connectivity index (χ1v) is 11.3. The van der Waals surface area contributed by atoms with E-state index in [1.165, 1.54) is 25.1 Å². The molecule has 2 N–H and O–H groups in total. The quantitative estimate of drug-likeness (QED) is 0.448. The average molecular weight is 457 g/mol. The number of aromatic nitrogens is 5. The van der Waals surface area contributed by atoms with Crippen molar-refractivity contribution in [2.45, 2.75) is 18.9 Å². The molecule has 34 heavy (non-hydrogen) atoms. The number of rotatable bonds is 6. The van der Waals surface area contributed by atoms with Crippen molar-refractivity contribution in [2.75, 3.05) is 36.5 Å². The monoisotopic (exact) mass is 457 g/mol. The summed E-state index contributed by atoms with van der Waals surface area (Å²) in [5, 5.41) is 12.3. The van der Waals surface area contributed by atoms with E-state index in [-0.39, 0.29) is 5.69 Å². The molecule has 3 aromatic heterocycles. The number of nitrogens with zero attached hydrogens (tertiary/aromatic N) is 6. The highest BCUT2D eigenvalue weighted by molar-refractivity contribution is 5.85. The lowest BCUT2D eigenvalue weighted by atomic mass is 10.1. The molecule has 0 bridgehead atoms. The number of aromatic carboxylic acids is 1. The van der Waals surface area contributed by atoms with Gasteiger partial charge in [0.2, 0.25) is 5.95 Å². The standard InChI is InChI=1S/C24H23N7O3/c32-23(33)19-6-2-16(13-25-19)27-22-12-20(28-24(29-22)30-7-9-34-10-8-30)15-1-5-18-21(11-15)31(14-26-18)17-3-4-17/h1-2,5-6,11-14,17H,3-4,7-10H2,(H,32,33)(H,27,28,29). The molecule has 6 rings (SSSR count). The number of imidazole rings is 1. The third-order valence-corrected chi connectivity index (χ3v) is 6.07. The van der Waals surface area contributed by atoms with Crippen molar-refractivity contribution in [1.29, 1.82) is 0 Å². The van der Waals surface area contributed by atoms with E-state index in [0.29, 0.717) is 49.8 Å². The summed E-state index contributed by atoms with van der Waals surface area (Å²) in [6.45, 7) is 2.68. The predicted molar refractivity (Wildman–Crippen MR) is 127 cm³/mol. The lowest BCUT2D eigenvalue weighted by Crippen LogP contribution is -2.37. The van der Waals surface area contributed by atoms with Crippen molar-refractivity contribution >= 4 is 34.5 Å². The van der Waals surface area contributed by atoms with Gasteiger partial charge in [-0.2, -0.15) is 4.98 Å². The number of benzene rings is 1. The number of fused-ring (bicyclic) bond motifs is 1. The Kier molecular flexibility index (Phi) is 5.06. The first kappa shape index (κ1) is 20.5. The molecule has 1 aliphatic heterocycles. The number of nitrogens with one attached hydrogen (secondary N) is 1. The number of carbonyl (C=O) groups is 1. The van der Waals surface area contributed by atoms with Crippen LogP contribution >= 0.6 is 0 Å². The third kappa shape index (κ3) is 4.03. The SMILES string of the molecule is O=C(O)c1ccc(Nc2cc(-c3ccc4ncn(C5CC5)c4c3)nc(N3CCOCC3)n2)cn1. The summed E-state index contributed by atoms with van der Waals surface area (Å²) in [6.07, 6.45) is 5.78. The van der Waals surface area contributed by atoms with Crippen molar-refractivity contribution < 1.29 is 14.6 Å². The number of morpholine rings is 1. The zero-order chi connectivity index (χ0) is 23.1. The molecular weight excluding hydrogens is 434 g/mol. The second kappa shape index (κ2) is 8.38. The van der Waals surface area contributed by atoms with Gasteiger partial charge in [0.05, 0.1) is 48.2 Å². The summed E-state index contributed by atoms with van der Waals surface area (Å²) in [5.41, 5.74) is 4.48. The number of carboxylic acid groups (broad SMARTS) is 1. The molecule has 0 radical (unpaired) electrons. The molecule has 0 unspecified atom stereocenters. The van der Waals surface area contributed by atoms with Gasteiger partial charge in [0.15, 0.2) is 0 Å². The molecule has 1 saturated heterocycles. The van der Waals surface area contributed by atoms with Gasteiger partial charge in [0.25, 0.3) is 0 Å². The zero-order valence-electron chi connectivity index (χ0n) is 18.4. The van der Waals surface area contributed by atoms with Crippen molar-refractivity contribution in [2.24, 2.45) is 0 Å². The van der Waals surface area contributed by atoms with E-state index in [4.69, 9.17) is 19.8 Å². The molecule has 10 nitrogen and oxygen atoms in total. The Morgan fingerprint density at radius 1 is 1.06 bits per heavy atom. The first-order valence-electron chi connectivity index (χ1n) is 11.3. The van der Waals surface area contributed by atoms with Crippen molar-refractivity contribution in [1.82, 2.24) is 24.5 Å². The van der Waals surface area contributed by atoms with Crippen LogP contribution < -0.4 is 10.2 Å². The Morgan fingerprint density at radius 3 is 2.65 bits per heavy atom. The smallest absolute Gasteiger partial charge is 0.354 e. The van der Waals surface area contributed by atoms with Gasteiger partial charge in [-0.3, -0.25) is 0 Å². The third-order valence-electron chi connectivity index (χ3n) is 6.07. The van der Waals surface area contributed by atoms with Gasteiger partial charge in [-0.15, -0.1) is 0 Å².